The summed E-state index contributed by atoms with van der Waals surface area (Å²) < 4.78 is 18.5. The van der Waals surface area contributed by atoms with E-state index >= 15 is 0 Å². The normalized spacial score (nSPS) is 13.0. The lowest BCUT2D eigenvalue weighted by molar-refractivity contribution is 0.144. The minimum absolute atomic E-state index is 0.454. The van der Waals surface area contributed by atoms with E-state index in [1.54, 1.807) is 26.7 Å². The summed E-state index contributed by atoms with van der Waals surface area (Å²) in [5.41, 5.74) is 9.39. The van der Waals surface area contributed by atoms with Crippen molar-refractivity contribution in [2.75, 3.05) is 38.2 Å². The van der Waals surface area contributed by atoms with E-state index in [2.05, 4.69) is 16.1 Å². The molecule has 7 heteroatoms. The number of nitrogen functional groups attached to an aromatic ring is 1. The zero-order chi connectivity index (χ0) is 18.8. The molecule has 7 nitrogen and oxygen atoms in total. The Hall–Kier alpha value is -3.19. The highest BCUT2D eigenvalue weighted by atomic mass is 16.5. The average molecular weight is 366 g/mol. The third-order valence-corrected chi connectivity index (χ3v) is 4.69. The van der Waals surface area contributed by atoms with Crippen LogP contribution in [0.3, 0.4) is 0 Å². The number of rotatable bonds is 6. The summed E-state index contributed by atoms with van der Waals surface area (Å²) in [4.78, 5) is 4.11. The van der Waals surface area contributed by atoms with Crippen molar-refractivity contribution in [3.63, 3.8) is 0 Å². The number of anilines is 1. The Morgan fingerprint density at radius 1 is 1.19 bits per heavy atom. The Balaban J connectivity index is 1.78. The molecule has 3 aromatic rings. The highest BCUT2D eigenvalue weighted by Gasteiger charge is 2.19. The van der Waals surface area contributed by atoms with E-state index in [0.29, 0.717) is 31.3 Å². The SMILES string of the molecule is COCCOc1ccc2c(N)c3c(cc2c1OC)CN(n1ccnc1)C=C3. The van der Waals surface area contributed by atoms with E-state index in [1.807, 2.05) is 35.3 Å². The lowest BCUT2D eigenvalue weighted by atomic mass is 9.96. The lowest BCUT2D eigenvalue weighted by Crippen LogP contribution is -2.29. The molecule has 140 valence electrons. The first-order chi connectivity index (χ1) is 13.2. The topological polar surface area (TPSA) is 74.8 Å². The van der Waals surface area contributed by atoms with Crippen LogP contribution in [0, 0.1) is 0 Å². The maximum absolute atomic E-state index is 6.49. The molecule has 27 heavy (non-hydrogen) atoms. The van der Waals surface area contributed by atoms with Crippen molar-refractivity contribution in [2.24, 2.45) is 0 Å². The molecule has 0 saturated heterocycles. The fourth-order valence-electron chi connectivity index (χ4n) is 3.37. The minimum atomic E-state index is 0.454. The number of ether oxygens (including phenoxy) is 3. The van der Waals surface area contributed by atoms with Crippen LogP contribution in [0.15, 0.2) is 43.1 Å². The number of hydrogen-bond donors (Lipinski definition) is 1. The fourth-order valence-corrected chi connectivity index (χ4v) is 3.37. The van der Waals surface area contributed by atoms with E-state index in [4.69, 9.17) is 19.9 Å². The second kappa shape index (κ2) is 7.20. The molecule has 0 spiro atoms. The highest BCUT2D eigenvalue weighted by Crippen LogP contribution is 2.41. The molecule has 2 heterocycles. The fraction of sp³-hybridized carbons (Fsp3) is 0.250. The van der Waals surface area contributed by atoms with E-state index in [0.717, 1.165) is 27.6 Å². The van der Waals surface area contributed by atoms with Gasteiger partial charge in [-0.05, 0) is 29.8 Å². The molecule has 4 rings (SSSR count). The molecule has 1 aliphatic rings. The number of nitrogens with two attached hydrogens (primary N) is 1. The number of methoxy groups -OCH3 is 2. The third-order valence-electron chi connectivity index (χ3n) is 4.69. The number of aromatic nitrogens is 2. The van der Waals surface area contributed by atoms with E-state index in [-0.39, 0.29) is 0 Å². The van der Waals surface area contributed by atoms with Gasteiger partial charge in [-0.3, -0.25) is 5.01 Å². The van der Waals surface area contributed by atoms with Gasteiger partial charge in [0, 0.05) is 47.7 Å². The Morgan fingerprint density at radius 3 is 2.81 bits per heavy atom. The Kier molecular flexibility index (Phi) is 4.60. The summed E-state index contributed by atoms with van der Waals surface area (Å²) >= 11 is 0. The van der Waals surface area contributed by atoms with Crippen molar-refractivity contribution in [1.82, 2.24) is 9.66 Å². The molecule has 0 bridgehead atoms. The van der Waals surface area contributed by atoms with Gasteiger partial charge in [0.05, 0.1) is 20.3 Å². The summed E-state index contributed by atoms with van der Waals surface area (Å²) in [6.45, 7) is 1.65. The van der Waals surface area contributed by atoms with Crippen molar-refractivity contribution in [3.05, 3.63) is 54.2 Å². The summed E-state index contributed by atoms with van der Waals surface area (Å²) in [7, 11) is 3.29. The van der Waals surface area contributed by atoms with Crippen molar-refractivity contribution in [1.29, 1.82) is 0 Å². The molecular weight excluding hydrogens is 344 g/mol. The van der Waals surface area contributed by atoms with Gasteiger partial charge in [0.1, 0.15) is 12.9 Å². The van der Waals surface area contributed by atoms with Gasteiger partial charge < -0.3 is 19.9 Å². The molecule has 0 fully saturated rings. The van der Waals surface area contributed by atoms with Gasteiger partial charge in [-0.2, -0.15) is 0 Å². The minimum Gasteiger partial charge on any atom is -0.492 e. The number of hydrogen-bond acceptors (Lipinski definition) is 6. The average Bonchev–Trinajstić information content (AvgIpc) is 3.22. The van der Waals surface area contributed by atoms with Gasteiger partial charge in [-0.25, -0.2) is 9.66 Å². The number of benzene rings is 2. The standard InChI is InChI=1S/C20H22N4O3/c1-25-9-10-27-18-4-3-16-17(20(18)26-2)11-14-12-23(24-8-6-22-13-24)7-5-15(14)19(16)21/h3-8,11,13H,9-10,12,21H2,1-2H3. The molecule has 0 saturated carbocycles. The van der Waals surface area contributed by atoms with Gasteiger partial charge in [-0.15, -0.1) is 0 Å². The Labute approximate surface area is 157 Å². The van der Waals surface area contributed by atoms with Crippen molar-refractivity contribution < 1.29 is 14.2 Å². The van der Waals surface area contributed by atoms with Crippen molar-refractivity contribution in [3.8, 4) is 11.5 Å². The summed E-state index contributed by atoms with van der Waals surface area (Å²) in [5.74, 6) is 1.36. The molecule has 1 aliphatic heterocycles. The molecule has 2 aromatic carbocycles. The monoisotopic (exact) mass is 366 g/mol. The molecule has 0 radical (unpaired) electrons. The predicted molar refractivity (Wildman–Crippen MR) is 105 cm³/mol. The second-order valence-electron chi connectivity index (χ2n) is 6.25. The Bertz CT molecular complexity index is 983. The summed E-state index contributed by atoms with van der Waals surface area (Å²) in [6.07, 6.45) is 9.46. The van der Waals surface area contributed by atoms with Crippen molar-refractivity contribution >= 4 is 22.5 Å². The highest BCUT2D eigenvalue weighted by molar-refractivity contribution is 6.02. The second-order valence-corrected chi connectivity index (χ2v) is 6.25. The first kappa shape index (κ1) is 17.2. The largest absolute Gasteiger partial charge is 0.492 e. The zero-order valence-corrected chi connectivity index (χ0v) is 15.4. The van der Waals surface area contributed by atoms with Crippen LogP contribution in [0.1, 0.15) is 11.1 Å². The maximum Gasteiger partial charge on any atom is 0.168 e. The van der Waals surface area contributed by atoms with Crippen LogP contribution < -0.4 is 20.2 Å². The molecule has 0 amide bonds. The summed E-state index contributed by atoms with van der Waals surface area (Å²) in [5, 5.41) is 3.95. The molecule has 0 atom stereocenters. The number of nitrogens with zero attached hydrogens (tertiary/aromatic N) is 3. The van der Waals surface area contributed by atoms with Gasteiger partial charge in [0.25, 0.3) is 0 Å². The molecule has 0 aliphatic carbocycles. The number of fused-ring (bicyclic) bond motifs is 2. The van der Waals surface area contributed by atoms with E-state index in [9.17, 15) is 0 Å². The van der Waals surface area contributed by atoms with Crippen LogP contribution in [-0.2, 0) is 11.3 Å². The van der Waals surface area contributed by atoms with Crippen LogP contribution in [0.5, 0.6) is 11.5 Å². The van der Waals surface area contributed by atoms with Crippen LogP contribution in [-0.4, -0.2) is 37.1 Å². The van der Waals surface area contributed by atoms with Crippen LogP contribution >= 0.6 is 0 Å². The van der Waals surface area contributed by atoms with Gasteiger partial charge in [-0.1, -0.05) is 0 Å². The lowest BCUT2D eigenvalue weighted by Gasteiger charge is -2.27. The first-order valence-corrected chi connectivity index (χ1v) is 8.69. The first-order valence-electron chi connectivity index (χ1n) is 8.69. The molecule has 2 N–H and O–H groups in total. The zero-order valence-electron chi connectivity index (χ0n) is 15.4. The van der Waals surface area contributed by atoms with Crippen LogP contribution in [0.25, 0.3) is 16.8 Å². The number of imidazole rings is 1. The molecule has 0 unspecified atom stereocenters. The van der Waals surface area contributed by atoms with Crippen LogP contribution in [0.2, 0.25) is 0 Å². The van der Waals surface area contributed by atoms with E-state index in [1.165, 1.54) is 0 Å². The molecular formula is C20H22N4O3. The van der Waals surface area contributed by atoms with Gasteiger partial charge in [0.2, 0.25) is 0 Å². The van der Waals surface area contributed by atoms with Crippen molar-refractivity contribution in [2.45, 2.75) is 6.54 Å². The third kappa shape index (κ3) is 3.06. The summed E-state index contributed by atoms with van der Waals surface area (Å²) in [6, 6.07) is 5.99. The maximum atomic E-state index is 6.49. The van der Waals surface area contributed by atoms with Gasteiger partial charge >= 0.3 is 0 Å². The van der Waals surface area contributed by atoms with E-state index < -0.39 is 0 Å². The molecule has 1 aromatic heterocycles. The Morgan fingerprint density at radius 2 is 2.07 bits per heavy atom. The van der Waals surface area contributed by atoms with Crippen LogP contribution in [0.4, 0.5) is 5.69 Å². The predicted octanol–water partition coefficient (Wildman–Crippen LogP) is 2.77. The van der Waals surface area contributed by atoms with Gasteiger partial charge in [0.15, 0.2) is 11.5 Å². The smallest absolute Gasteiger partial charge is 0.168 e. The quantitative estimate of drug-likeness (QED) is 0.534.